The van der Waals surface area contributed by atoms with Gasteiger partial charge in [-0.25, -0.2) is 12.8 Å². The number of rotatable bonds is 4. The summed E-state index contributed by atoms with van der Waals surface area (Å²) in [6.45, 7) is 2.89. The molecule has 1 aliphatic rings. The number of hydrogen-bond donors (Lipinski definition) is 1. The summed E-state index contributed by atoms with van der Waals surface area (Å²) in [5, 5.41) is 0. The second kappa shape index (κ2) is 8.05. The first-order valence-corrected chi connectivity index (χ1v) is 8.54. The quantitative estimate of drug-likeness (QED) is 0.856. The fraction of sp³-hybridized carbons (Fsp3) is 0.500. The number of sulfonamides is 1. The van der Waals surface area contributed by atoms with E-state index in [1.807, 2.05) is 0 Å². The standard InChI is InChI=1S/C14H20FN3O3S.ClH/c1-11(16)10-14(19)17-6-8-18(9-7-17)22(20,21)13-4-2-12(15)3-5-13;/h2-5,11H,6-10,16H2,1H3;1H. The monoisotopic (exact) mass is 365 g/mol. The number of carbonyl (C=O) groups is 1. The topological polar surface area (TPSA) is 83.7 Å². The molecule has 1 unspecified atom stereocenters. The van der Waals surface area contributed by atoms with Gasteiger partial charge in [-0.15, -0.1) is 12.4 Å². The number of carbonyl (C=O) groups excluding carboxylic acids is 1. The maximum atomic E-state index is 12.9. The molecule has 1 aromatic rings. The van der Waals surface area contributed by atoms with Crippen LogP contribution in [0, 0.1) is 5.82 Å². The van der Waals surface area contributed by atoms with Crippen LogP contribution in [0.25, 0.3) is 0 Å². The SMILES string of the molecule is CC(N)CC(=O)N1CCN(S(=O)(=O)c2ccc(F)cc2)CC1.Cl. The van der Waals surface area contributed by atoms with Gasteiger partial charge in [-0.2, -0.15) is 4.31 Å². The van der Waals surface area contributed by atoms with Crippen LogP contribution in [0.5, 0.6) is 0 Å². The summed E-state index contributed by atoms with van der Waals surface area (Å²) >= 11 is 0. The van der Waals surface area contributed by atoms with Crippen molar-refractivity contribution in [2.24, 2.45) is 5.73 Å². The van der Waals surface area contributed by atoms with Gasteiger partial charge in [-0.05, 0) is 31.2 Å². The Labute approximate surface area is 141 Å². The average molecular weight is 366 g/mol. The molecule has 23 heavy (non-hydrogen) atoms. The molecule has 2 N–H and O–H groups in total. The summed E-state index contributed by atoms with van der Waals surface area (Å²) in [4.78, 5) is 13.6. The minimum Gasteiger partial charge on any atom is -0.340 e. The summed E-state index contributed by atoms with van der Waals surface area (Å²) in [6, 6.07) is 4.52. The molecular formula is C14H21ClFN3O3S. The molecule has 1 saturated heterocycles. The Balaban J connectivity index is 0.00000264. The van der Waals surface area contributed by atoms with Crippen molar-refractivity contribution in [3.05, 3.63) is 30.1 Å². The highest BCUT2D eigenvalue weighted by Crippen LogP contribution is 2.18. The largest absolute Gasteiger partial charge is 0.340 e. The van der Waals surface area contributed by atoms with E-state index < -0.39 is 15.8 Å². The molecule has 1 atom stereocenters. The summed E-state index contributed by atoms with van der Waals surface area (Å²) in [5.41, 5.74) is 5.60. The van der Waals surface area contributed by atoms with Crippen molar-refractivity contribution in [2.75, 3.05) is 26.2 Å². The number of piperazine rings is 1. The third-order valence-corrected chi connectivity index (χ3v) is 5.45. The van der Waals surface area contributed by atoms with Crippen LogP contribution >= 0.6 is 12.4 Å². The van der Waals surface area contributed by atoms with Crippen LogP contribution in [0.15, 0.2) is 29.2 Å². The Kier molecular flexibility index (Phi) is 6.94. The summed E-state index contributed by atoms with van der Waals surface area (Å²) in [7, 11) is -3.65. The molecule has 1 fully saturated rings. The lowest BCUT2D eigenvalue weighted by Crippen LogP contribution is -2.51. The van der Waals surface area contributed by atoms with Gasteiger partial charge < -0.3 is 10.6 Å². The molecule has 1 aliphatic heterocycles. The predicted molar refractivity (Wildman–Crippen MR) is 87.3 cm³/mol. The lowest BCUT2D eigenvalue weighted by Gasteiger charge is -2.34. The maximum absolute atomic E-state index is 12.9. The molecule has 1 amide bonds. The minimum absolute atomic E-state index is 0. The molecule has 6 nitrogen and oxygen atoms in total. The van der Waals surface area contributed by atoms with Crippen molar-refractivity contribution in [1.82, 2.24) is 9.21 Å². The number of amides is 1. The Hall–Kier alpha value is -1.22. The molecule has 0 radical (unpaired) electrons. The van der Waals surface area contributed by atoms with Gasteiger partial charge in [-0.3, -0.25) is 4.79 Å². The third-order valence-electron chi connectivity index (χ3n) is 3.54. The molecule has 0 aromatic heterocycles. The van der Waals surface area contributed by atoms with Gasteiger partial charge >= 0.3 is 0 Å². The Morgan fingerprint density at radius 3 is 2.22 bits per heavy atom. The Morgan fingerprint density at radius 2 is 1.74 bits per heavy atom. The molecule has 9 heteroatoms. The highest BCUT2D eigenvalue weighted by Gasteiger charge is 2.30. The highest BCUT2D eigenvalue weighted by atomic mass is 35.5. The van der Waals surface area contributed by atoms with Crippen LogP contribution in [0.2, 0.25) is 0 Å². The zero-order valence-corrected chi connectivity index (χ0v) is 14.4. The maximum Gasteiger partial charge on any atom is 0.243 e. The first-order valence-electron chi connectivity index (χ1n) is 7.10. The Morgan fingerprint density at radius 1 is 1.22 bits per heavy atom. The van der Waals surface area contributed by atoms with Gasteiger partial charge in [0.05, 0.1) is 4.90 Å². The normalized spacial score (nSPS) is 17.4. The second-order valence-electron chi connectivity index (χ2n) is 5.42. The lowest BCUT2D eigenvalue weighted by atomic mass is 10.2. The molecule has 1 heterocycles. The van der Waals surface area contributed by atoms with E-state index in [2.05, 4.69) is 0 Å². The van der Waals surface area contributed by atoms with E-state index in [-0.39, 0.29) is 48.8 Å². The minimum atomic E-state index is -3.65. The fourth-order valence-corrected chi connectivity index (χ4v) is 3.76. The van der Waals surface area contributed by atoms with Gasteiger partial charge in [0.25, 0.3) is 0 Å². The molecule has 1 aromatic carbocycles. The van der Waals surface area contributed by atoms with E-state index >= 15 is 0 Å². The average Bonchev–Trinajstić information content (AvgIpc) is 2.47. The zero-order valence-electron chi connectivity index (χ0n) is 12.8. The van der Waals surface area contributed by atoms with E-state index in [4.69, 9.17) is 5.73 Å². The first kappa shape index (κ1) is 19.8. The van der Waals surface area contributed by atoms with Crippen molar-refractivity contribution in [1.29, 1.82) is 0 Å². The third kappa shape index (κ3) is 4.87. The van der Waals surface area contributed by atoms with Crippen LogP contribution in [-0.4, -0.2) is 55.8 Å². The van der Waals surface area contributed by atoms with Crippen LogP contribution in [0.3, 0.4) is 0 Å². The number of nitrogens with two attached hydrogens (primary N) is 1. The van der Waals surface area contributed by atoms with E-state index in [1.54, 1.807) is 11.8 Å². The number of halogens is 2. The van der Waals surface area contributed by atoms with E-state index in [9.17, 15) is 17.6 Å². The molecule has 130 valence electrons. The number of benzene rings is 1. The van der Waals surface area contributed by atoms with Crippen LogP contribution < -0.4 is 5.73 Å². The lowest BCUT2D eigenvalue weighted by molar-refractivity contribution is -0.132. The fourth-order valence-electron chi connectivity index (χ4n) is 2.34. The van der Waals surface area contributed by atoms with Gasteiger partial charge in [0.15, 0.2) is 0 Å². The zero-order chi connectivity index (χ0) is 16.3. The molecule has 0 spiro atoms. The molecule has 0 saturated carbocycles. The Bertz CT molecular complexity index is 629. The van der Waals surface area contributed by atoms with Crippen molar-refractivity contribution < 1.29 is 17.6 Å². The van der Waals surface area contributed by atoms with Gasteiger partial charge in [0.1, 0.15) is 5.82 Å². The summed E-state index contributed by atoms with van der Waals surface area (Å²) in [6.07, 6.45) is 0.255. The predicted octanol–water partition coefficient (Wildman–Crippen LogP) is 0.818. The van der Waals surface area contributed by atoms with Gasteiger partial charge in [0.2, 0.25) is 15.9 Å². The molecule has 2 rings (SSSR count). The summed E-state index contributed by atoms with van der Waals surface area (Å²) < 4.78 is 39.1. The van der Waals surface area contributed by atoms with E-state index in [0.29, 0.717) is 13.1 Å². The van der Waals surface area contributed by atoms with Crippen molar-refractivity contribution in [3.63, 3.8) is 0 Å². The second-order valence-corrected chi connectivity index (χ2v) is 7.36. The first-order chi connectivity index (χ1) is 10.3. The molecule has 0 bridgehead atoms. The highest BCUT2D eigenvalue weighted by molar-refractivity contribution is 7.89. The van der Waals surface area contributed by atoms with E-state index in [0.717, 1.165) is 12.1 Å². The van der Waals surface area contributed by atoms with Crippen molar-refractivity contribution in [3.8, 4) is 0 Å². The number of nitrogens with zero attached hydrogens (tertiary/aromatic N) is 2. The van der Waals surface area contributed by atoms with E-state index in [1.165, 1.54) is 16.4 Å². The molecular weight excluding hydrogens is 345 g/mol. The number of hydrogen-bond acceptors (Lipinski definition) is 4. The van der Waals surface area contributed by atoms with Gasteiger partial charge in [0, 0.05) is 38.6 Å². The molecule has 0 aliphatic carbocycles. The van der Waals surface area contributed by atoms with Crippen LogP contribution in [-0.2, 0) is 14.8 Å². The van der Waals surface area contributed by atoms with Crippen molar-refractivity contribution in [2.45, 2.75) is 24.3 Å². The van der Waals surface area contributed by atoms with Crippen molar-refractivity contribution >= 4 is 28.3 Å². The summed E-state index contributed by atoms with van der Waals surface area (Å²) in [5.74, 6) is -0.542. The van der Waals surface area contributed by atoms with Crippen LogP contribution in [0.4, 0.5) is 4.39 Å². The smallest absolute Gasteiger partial charge is 0.243 e. The van der Waals surface area contributed by atoms with Gasteiger partial charge in [-0.1, -0.05) is 0 Å². The van der Waals surface area contributed by atoms with Crippen LogP contribution in [0.1, 0.15) is 13.3 Å².